The van der Waals surface area contributed by atoms with Gasteiger partial charge in [-0.05, 0) is 0 Å². The Morgan fingerprint density at radius 3 is 0.897 bits per heavy atom. The minimum absolute atomic E-state index is 8.00. The van der Waals surface area contributed by atoms with E-state index in [2.05, 4.69) is 0 Å². The first kappa shape index (κ1) is 27.7. The lowest BCUT2D eigenvalue weighted by Crippen LogP contribution is -2.80. The predicted octanol–water partition coefficient (Wildman–Crippen LogP) is 4.50. The maximum atomic E-state index is 13.9. The van der Waals surface area contributed by atoms with Crippen molar-refractivity contribution in [2.75, 3.05) is 0 Å². The highest BCUT2D eigenvalue weighted by atomic mass is 32.2. The summed E-state index contributed by atoms with van der Waals surface area (Å²) < 4.78 is 246. The zero-order valence-corrected chi connectivity index (χ0v) is 12.9. The molecule has 0 aliphatic heterocycles. The summed E-state index contributed by atoms with van der Waals surface area (Å²) in [6.45, 7) is 0. The summed E-state index contributed by atoms with van der Waals surface area (Å²) in [6.07, 6.45) is -24.8. The van der Waals surface area contributed by atoms with E-state index in [4.69, 9.17) is 0 Å². The van der Waals surface area contributed by atoms with Gasteiger partial charge in [0, 0.05) is 0 Å². The van der Waals surface area contributed by atoms with E-state index in [1.807, 2.05) is 0 Å². The van der Waals surface area contributed by atoms with Gasteiger partial charge in [-0.1, -0.05) is 0 Å². The molecule has 0 aliphatic carbocycles. The van der Waals surface area contributed by atoms with Crippen LogP contribution in [0.5, 0.6) is 0 Å². The molecule has 0 N–H and O–H groups in total. The molecular formula is C8F17O3S-. The van der Waals surface area contributed by atoms with Crippen LogP contribution in [0.25, 0.3) is 0 Å². The van der Waals surface area contributed by atoms with Gasteiger partial charge in [0.2, 0.25) is 0 Å². The quantitative estimate of drug-likeness (QED) is 0.414. The lowest BCUT2D eigenvalue weighted by molar-refractivity contribution is -0.436. The summed E-state index contributed by atoms with van der Waals surface area (Å²) in [5.74, 6) is -26.5. The smallest absolute Gasteiger partial charge is 0.460 e. The second-order valence-corrected chi connectivity index (χ2v) is 6.40. The molecule has 3 nitrogen and oxygen atoms in total. The summed E-state index contributed by atoms with van der Waals surface area (Å²) >= 11 is 0. The molecule has 0 heterocycles. The molecule has 0 amide bonds. The van der Waals surface area contributed by atoms with E-state index in [9.17, 15) is 87.6 Å². The number of hydrogen-bond acceptors (Lipinski definition) is 3. The zero-order chi connectivity index (χ0) is 24.5. The topological polar surface area (TPSA) is 57.2 Å². The number of alkyl halides is 17. The standard InChI is InChI=1S/C8HF17O3S/c9-1(6(17,18)19,7(20,21)22)5(16,29(26,27)28)3(12,13)2(10,11)4(14,15)8(23,24)25/h(H,26,27,28)/p-1. The SMILES string of the molecule is O=S(=O)([O-])C(F)(C(F)(F)C(F)(F)C(F)(F)C(F)(F)F)C(F)(C(F)(F)F)C(F)(F)F. The van der Waals surface area contributed by atoms with Crippen molar-refractivity contribution >= 4 is 10.1 Å². The van der Waals surface area contributed by atoms with Gasteiger partial charge in [-0.15, -0.1) is 0 Å². The van der Waals surface area contributed by atoms with Gasteiger partial charge in [-0.25, -0.2) is 17.2 Å². The minimum atomic E-state index is -9.11. The third kappa shape index (κ3) is 3.26. The molecule has 0 aromatic carbocycles. The van der Waals surface area contributed by atoms with Crippen molar-refractivity contribution in [3.05, 3.63) is 0 Å². The number of rotatable bonds is 5. The van der Waals surface area contributed by atoms with Crippen molar-refractivity contribution < 1.29 is 87.6 Å². The maximum absolute atomic E-state index is 13.9. The maximum Gasteiger partial charge on any atom is 0.460 e. The van der Waals surface area contributed by atoms with Gasteiger partial charge in [0.1, 0.15) is 10.1 Å². The molecular weight excluding hydrogens is 499 g/mol. The van der Waals surface area contributed by atoms with E-state index in [0.717, 1.165) is 0 Å². The molecule has 1 atom stereocenters. The lowest BCUT2D eigenvalue weighted by Gasteiger charge is -2.47. The highest BCUT2D eigenvalue weighted by Crippen LogP contribution is 2.66. The number of halogens is 17. The van der Waals surface area contributed by atoms with E-state index in [1.165, 1.54) is 0 Å². The average Bonchev–Trinajstić information content (AvgIpc) is 2.39. The van der Waals surface area contributed by atoms with Crippen molar-refractivity contribution in [3.63, 3.8) is 0 Å². The van der Waals surface area contributed by atoms with Crippen LogP contribution in [-0.2, 0) is 10.1 Å². The molecule has 0 radical (unpaired) electrons. The fourth-order valence-corrected chi connectivity index (χ4v) is 2.67. The van der Waals surface area contributed by atoms with Crippen LogP contribution < -0.4 is 0 Å². The summed E-state index contributed by atoms with van der Waals surface area (Å²) in [4.78, 5) is 0. The molecule has 0 saturated heterocycles. The van der Waals surface area contributed by atoms with Crippen molar-refractivity contribution in [1.82, 2.24) is 0 Å². The van der Waals surface area contributed by atoms with E-state index in [-0.39, 0.29) is 0 Å². The molecule has 0 saturated carbocycles. The molecule has 0 fully saturated rings. The van der Waals surface area contributed by atoms with Gasteiger partial charge in [0.25, 0.3) is 0 Å². The Labute approximate surface area is 146 Å². The molecule has 0 spiro atoms. The van der Waals surface area contributed by atoms with Crippen LogP contribution in [0.3, 0.4) is 0 Å². The van der Waals surface area contributed by atoms with Crippen LogP contribution in [0.15, 0.2) is 0 Å². The summed E-state index contributed by atoms with van der Waals surface area (Å²) in [7, 11) is -9.10. The molecule has 176 valence electrons. The predicted molar refractivity (Wildman–Crippen MR) is 50.4 cm³/mol. The molecule has 0 bridgehead atoms. The first-order valence-corrected chi connectivity index (χ1v) is 7.08. The molecule has 0 rings (SSSR count). The van der Waals surface area contributed by atoms with Gasteiger partial charge in [0.05, 0.1) is 0 Å². The van der Waals surface area contributed by atoms with Crippen LogP contribution in [0.4, 0.5) is 74.6 Å². The first-order chi connectivity index (χ1) is 12.0. The fourth-order valence-electron chi connectivity index (χ4n) is 1.65. The fraction of sp³-hybridized carbons (Fsp3) is 1.00. The van der Waals surface area contributed by atoms with Gasteiger partial charge in [-0.3, -0.25) is 0 Å². The van der Waals surface area contributed by atoms with E-state index in [0.29, 0.717) is 0 Å². The Morgan fingerprint density at radius 1 is 0.448 bits per heavy atom. The first-order valence-electron chi connectivity index (χ1n) is 5.67. The van der Waals surface area contributed by atoms with E-state index >= 15 is 0 Å². The van der Waals surface area contributed by atoms with Gasteiger partial charge in [0.15, 0.2) is 0 Å². The summed E-state index contributed by atoms with van der Waals surface area (Å²) in [5.41, 5.74) is -8.90. The second-order valence-electron chi connectivity index (χ2n) is 4.92. The van der Waals surface area contributed by atoms with Gasteiger partial charge >= 0.3 is 47.0 Å². The largest absolute Gasteiger partial charge is 0.745 e. The molecule has 0 aromatic rings. The molecule has 21 heteroatoms. The average molecular weight is 499 g/mol. The highest BCUT2D eigenvalue weighted by molar-refractivity contribution is 7.87. The Morgan fingerprint density at radius 2 is 0.724 bits per heavy atom. The Kier molecular flexibility index (Phi) is 6.08. The second kappa shape index (κ2) is 6.36. The van der Waals surface area contributed by atoms with E-state index in [1.54, 1.807) is 0 Å². The number of hydrogen-bond donors (Lipinski definition) is 0. The normalized spacial score (nSPS) is 18.6. The molecule has 29 heavy (non-hydrogen) atoms. The molecule has 0 aliphatic rings. The zero-order valence-electron chi connectivity index (χ0n) is 12.1. The highest BCUT2D eigenvalue weighted by Gasteiger charge is 2.98. The van der Waals surface area contributed by atoms with E-state index < -0.39 is 57.1 Å². The van der Waals surface area contributed by atoms with Crippen molar-refractivity contribution in [2.24, 2.45) is 0 Å². The summed E-state index contributed by atoms with van der Waals surface area (Å²) in [6, 6.07) is 0. The van der Waals surface area contributed by atoms with Crippen LogP contribution in [-0.4, -0.2) is 59.9 Å². The third-order valence-electron chi connectivity index (χ3n) is 3.12. The van der Waals surface area contributed by atoms with Crippen LogP contribution >= 0.6 is 0 Å². The van der Waals surface area contributed by atoms with Crippen molar-refractivity contribution in [2.45, 2.75) is 47.0 Å². The Bertz CT molecular complexity index is 713. The van der Waals surface area contributed by atoms with Crippen LogP contribution in [0, 0.1) is 0 Å². The Balaban J connectivity index is 7.66. The van der Waals surface area contributed by atoms with Gasteiger partial charge < -0.3 is 4.55 Å². The van der Waals surface area contributed by atoms with Crippen molar-refractivity contribution in [1.29, 1.82) is 0 Å². The van der Waals surface area contributed by atoms with Crippen LogP contribution in [0.2, 0.25) is 0 Å². The Hall–Kier alpha value is -1.28. The lowest BCUT2D eigenvalue weighted by atomic mass is 9.87. The molecule has 1 unspecified atom stereocenters. The van der Waals surface area contributed by atoms with Gasteiger partial charge in [-0.2, -0.15) is 65.9 Å². The van der Waals surface area contributed by atoms with Crippen LogP contribution in [0.1, 0.15) is 0 Å². The van der Waals surface area contributed by atoms with Crippen molar-refractivity contribution in [3.8, 4) is 0 Å². The summed E-state index contributed by atoms with van der Waals surface area (Å²) in [5, 5.41) is -9.00. The minimum Gasteiger partial charge on any atom is -0.745 e. The third-order valence-corrected chi connectivity index (χ3v) is 4.34. The molecule has 0 aromatic heterocycles. The monoisotopic (exact) mass is 499 g/mol.